The van der Waals surface area contributed by atoms with Crippen LogP contribution < -0.4 is 5.32 Å². The van der Waals surface area contributed by atoms with Gasteiger partial charge in [-0.25, -0.2) is 0 Å². The first-order valence-corrected chi connectivity index (χ1v) is 5.64. The van der Waals surface area contributed by atoms with E-state index in [1.807, 2.05) is 0 Å². The fourth-order valence-corrected chi connectivity index (χ4v) is 3.23. The quantitative estimate of drug-likeness (QED) is 0.654. The minimum absolute atomic E-state index is 0.611. The Morgan fingerprint density at radius 2 is 2.08 bits per heavy atom. The normalized spacial score (nSPS) is 38.5. The molecule has 2 rings (SSSR count). The fraction of sp³-hybridized carbons (Fsp3) is 0.833. The Labute approximate surface area is 81.6 Å². The summed E-state index contributed by atoms with van der Waals surface area (Å²) in [5.74, 6) is 3.02. The van der Waals surface area contributed by atoms with Crippen molar-refractivity contribution < 1.29 is 0 Å². The lowest BCUT2D eigenvalue weighted by Gasteiger charge is -2.19. The number of fused-ring (bicyclic) bond motifs is 1. The van der Waals surface area contributed by atoms with Gasteiger partial charge < -0.3 is 5.32 Å². The van der Waals surface area contributed by atoms with Gasteiger partial charge in [-0.2, -0.15) is 0 Å². The van der Waals surface area contributed by atoms with Crippen molar-refractivity contribution in [3.05, 3.63) is 12.2 Å². The molecule has 0 heterocycles. The third kappa shape index (κ3) is 1.54. The summed E-state index contributed by atoms with van der Waals surface area (Å²) in [5, 5.41) is 3.57. The molecule has 2 fully saturated rings. The smallest absolute Gasteiger partial charge is 0.0307 e. The predicted molar refractivity (Wildman–Crippen MR) is 56.6 cm³/mol. The van der Waals surface area contributed by atoms with Crippen LogP contribution in [-0.2, 0) is 0 Å². The molecule has 1 nitrogen and oxygen atoms in total. The van der Waals surface area contributed by atoms with Gasteiger partial charge in [0.1, 0.15) is 0 Å². The van der Waals surface area contributed by atoms with Crippen molar-refractivity contribution >= 4 is 0 Å². The second-order valence-electron chi connectivity index (χ2n) is 4.72. The summed E-state index contributed by atoms with van der Waals surface area (Å²) < 4.78 is 0. The molecule has 0 bridgehead atoms. The molecule has 1 heteroatoms. The molecule has 0 aromatic carbocycles. The Hall–Kier alpha value is -0.300. The summed E-state index contributed by atoms with van der Waals surface area (Å²) in [6.07, 6.45) is 4.43. The van der Waals surface area contributed by atoms with Crippen LogP contribution in [0.2, 0.25) is 0 Å². The van der Waals surface area contributed by atoms with E-state index in [1.54, 1.807) is 0 Å². The molecule has 13 heavy (non-hydrogen) atoms. The van der Waals surface area contributed by atoms with Crippen LogP contribution in [0.25, 0.3) is 0 Å². The molecule has 0 saturated heterocycles. The SMILES string of the molecule is C=C(C)C(NCC)C1C2CCCC21. The number of nitrogens with one attached hydrogen (secondary N) is 1. The van der Waals surface area contributed by atoms with Gasteiger partial charge in [-0.15, -0.1) is 0 Å². The summed E-state index contributed by atoms with van der Waals surface area (Å²) in [6.45, 7) is 9.53. The van der Waals surface area contributed by atoms with Gasteiger partial charge in [-0.05, 0) is 44.1 Å². The van der Waals surface area contributed by atoms with Gasteiger partial charge in [0.05, 0.1) is 0 Å². The fourth-order valence-electron chi connectivity index (χ4n) is 3.23. The highest BCUT2D eigenvalue weighted by atomic mass is 14.9. The Kier molecular flexibility index (Phi) is 2.46. The zero-order chi connectivity index (χ0) is 9.42. The van der Waals surface area contributed by atoms with E-state index < -0.39 is 0 Å². The lowest BCUT2D eigenvalue weighted by Crippen LogP contribution is -2.33. The molecule has 2 aliphatic carbocycles. The van der Waals surface area contributed by atoms with Gasteiger partial charge in [0, 0.05) is 6.04 Å². The van der Waals surface area contributed by atoms with Crippen molar-refractivity contribution in [1.82, 2.24) is 5.32 Å². The predicted octanol–water partition coefficient (Wildman–Crippen LogP) is 2.59. The first kappa shape index (κ1) is 9.26. The molecule has 2 saturated carbocycles. The summed E-state index contributed by atoms with van der Waals surface area (Å²) in [6, 6.07) is 0.611. The summed E-state index contributed by atoms with van der Waals surface area (Å²) in [4.78, 5) is 0. The average molecular weight is 179 g/mol. The summed E-state index contributed by atoms with van der Waals surface area (Å²) in [5.41, 5.74) is 1.33. The van der Waals surface area contributed by atoms with E-state index in [0.717, 1.165) is 24.3 Å². The Bertz CT molecular complexity index is 199. The highest BCUT2D eigenvalue weighted by Crippen LogP contribution is 2.59. The van der Waals surface area contributed by atoms with Crippen LogP contribution in [0.1, 0.15) is 33.1 Å². The highest BCUT2D eigenvalue weighted by molar-refractivity contribution is 5.16. The molecule has 0 aromatic heterocycles. The Morgan fingerprint density at radius 1 is 1.46 bits per heavy atom. The largest absolute Gasteiger partial charge is 0.310 e. The Balaban J connectivity index is 1.94. The number of rotatable bonds is 4. The second kappa shape index (κ2) is 3.45. The maximum atomic E-state index is 4.10. The van der Waals surface area contributed by atoms with Gasteiger partial charge in [-0.3, -0.25) is 0 Å². The van der Waals surface area contributed by atoms with E-state index in [2.05, 4.69) is 25.7 Å². The maximum Gasteiger partial charge on any atom is 0.0307 e. The van der Waals surface area contributed by atoms with Crippen molar-refractivity contribution in [2.45, 2.75) is 39.2 Å². The van der Waals surface area contributed by atoms with Gasteiger partial charge in [0.25, 0.3) is 0 Å². The van der Waals surface area contributed by atoms with E-state index in [4.69, 9.17) is 0 Å². The number of hydrogen-bond acceptors (Lipinski definition) is 1. The standard InChI is InChI=1S/C12H21N/c1-4-13-12(8(2)3)11-9-6-5-7-10(9)11/h9-13H,2,4-7H2,1,3H3. The molecule has 3 unspecified atom stereocenters. The molecular formula is C12H21N. The van der Waals surface area contributed by atoms with Crippen LogP contribution in [0.15, 0.2) is 12.2 Å². The van der Waals surface area contributed by atoms with Crippen molar-refractivity contribution in [1.29, 1.82) is 0 Å². The summed E-state index contributed by atoms with van der Waals surface area (Å²) >= 11 is 0. The monoisotopic (exact) mass is 179 g/mol. The minimum Gasteiger partial charge on any atom is -0.310 e. The molecular weight excluding hydrogens is 158 g/mol. The minimum atomic E-state index is 0.611. The molecule has 3 atom stereocenters. The van der Waals surface area contributed by atoms with Crippen LogP contribution in [0.4, 0.5) is 0 Å². The van der Waals surface area contributed by atoms with Crippen molar-refractivity contribution in [2.75, 3.05) is 6.54 Å². The molecule has 0 amide bonds. The van der Waals surface area contributed by atoms with Gasteiger partial charge in [0.2, 0.25) is 0 Å². The van der Waals surface area contributed by atoms with Crippen molar-refractivity contribution in [3.8, 4) is 0 Å². The van der Waals surface area contributed by atoms with Crippen molar-refractivity contribution in [3.63, 3.8) is 0 Å². The van der Waals surface area contributed by atoms with E-state index in [1.165, 1.54) is 24.8 Å². The molecule has 0 radical (unpaired) electrons. The van der Waals surface area contributed by atoms with Crippen LogP contribution >= 0.6 is 0 Å². The lowest BCUT2D eigenvalue weighted by molar-refractivity contribution is 0.457. The lowest BCUT2D eigenvalue weighted by atomic mass is 9.99. The molecule has 0 aromatic rings. The number of hydrogen-bond donors (Lipinski definition) is 1. The molecule has 0 spiro atoms. The zero-order valence-corrected chi connectivity index (χ0v) is 8.84. The third-order valence-corrected chi connectivity index (χ3v) is 3.81. The van der Waals surface area contributed by atoms with Crippen molar-refractivity contribution in [2.24, 2.45) is 17.8 Å². The van der Waals surface area contributed by atoms with Crippen LogP contribution in [-0.4, -0.2) is 12.6 Å². The van der Waals surface area contributed by atoms with Gasteiger partial charge in [0.15, 0.2) is 0 Å². The molecule has 2 aliphatic rings. The average Bonchev–Trinajstić information content (AvgIpc) is 2.59. The zero-order valence-electron chi connectivity index (χ0n) is 8.84. The maximum absolute atomic E-state index is 4.10. The van der Waals surface area contributed by atoms with E-state index in [9.17, 15) is 0 Å². The van der Waals surface area contributed by atoms with E-state index >= 15 is 0 Å². The highest BCUT2D eigenvalue weighted by Gasteiger charge is 2.55. The first-order chi connectivity index (χ1) is 6.25. The van der Waals surface area contributed by atoms with Gasteiger partial charge >= 0.3 is 0 Å². The third-order valence-electron chi connectivity index (χ3n) is 3.81. The van der Waals surface area contributed by atoms with E-state index in [0.29, 0.717) is 6.04 Å². The number of likely N-dealkylation sites (N-methyl/N-ethyl adjacent to an activating group) is 1. The van der Waals surface area contributed by atoms with Crippen LogP contribution in [0.5, 0.6) is 0 Å². The van der Waals surface area contributed by atoms with Crippen LogP contribution in [0.3, 0.4) is 0 Å². The second-order valence-corrected chi connectivity index (χ2v) is 4.72. The van der Waals surface area contributed by atoms with E-state index in [-0.39, 0.29) is 0 Å². The van der Waals surface area contributed by atoms with Crippen LogP contribution in [0, 0.1) is 17.8 Å². The Morgan fingerprint density at radius 3 is 2.54 bits per heavy atom. The molecule has 0 aliphatic heterocycles. The topological polar surface area (TPSA) is 12.0 Å². The molecule has 1 N–H and O–H groups in total. The first-order valence-electron chi connectivity index (χ1n) is 5.64. The van der Waals surface area contributed by atoms with Gasteiger partial charge in [-0.1, -0.05) is 25.5 Å². The summed E-state index contributed by atoms with van der Waals surface area (Å²) in [7, 11) is 0. The molecule has 74 valence electrons.